The summed E-state index contributed by atoms with van der Waals surface area (Å²) in [6.07, 6.45) is 0.853. The number of esters is 1. The summed E-state index contributed by atoms with van der Waals surface area (Å²) in [5, 5.41) is 2.53. The molecule has 0 bridgehead atoms. The topological polar surface area (TPSA) is 73.9 Å². The SMILES string of the molecule is CCc1cccc(OC(=O)CNC(=O)c2ccc3c(c2)OCO3)c1. The standard InChI is InChI=1S/C18H17NO5/c1-2-12-4-3-5-14(8-12)24-17(20)10-19-18(21)13-6-7-15-16(9-13)23-11-22-15/h3-9H,2,10-11H2,1H3,(H,19,21). The minimum atomic E-state index is -0.530. The van der Waals surface area contributed by atoms with Gasteiger partial charge in [-0.25, -0.2) is 4.79 Å². The molecule has 0 unspecified atom stereocenters. The molecule has 2 aromatic carbocycles. The third kappa shape index (κ3) is 3.65. The van der Waals surface area contributed by atoms with Gasteiger partial charge in [-0.05, 0) is 42.3 Å². The van der Waals surface area contributed by atoms with Gasteiger partial charge in [0.25, 0.3) is 5.91 Å². The van der Waals surface area contributed by atoms with Crippen molar-refractivity contribution in [2.24, 2.45) is 0 Å². The molecule has 0 spiro atoms. The van der Waals surface area contributed by atoms with Crippen molar-refractivity contribution in [1.29, 1.82) is 0 Å². The van der Waals surface area contributed by atoms with E-state index in [2.05, 4.69) is 5.32 Å². The van der Waals surface area contributed by atoms with Gasteiger partial charge in [0.15, 0.2) is 11.5 Å². The lowest BCUT2D eigenvalue weighted by Gasteiger charge is -2.07. The Kier molecular flexibility index (Phi) is 4.65. The Morgan fingerprint density at radius 2 is 1.96 bits per heavy atom. The van der Waals surface area contributed by atoms with E-state index in [1.54, 1.807) is 30.3 Å². The van der Waals surface area contributed by atoms with Gasteiger partial charge in [-0.15, -0.1) is 0 Å². The molecule has 1 heterocycles. The highest BCUT2D eigenvalue weighted by Gasteiger charge is 2.17. The van der Waals surface area contributed by atoms with Crippen molar-refractivity contribution in [2.45, 2.75) is 13.3 Å². The highest BCUT2D eigenvalue weighted by molar-refractivity contribution is 5.96. The Morgan fingerprint density at radius 1 is 1.12 bits per heavy atom. The van der Waals surface area contributed by atoms with Crippen molar-refractivity contribution in [2.75, 3.05) is 13.3 Å². The quantitative estimate of drug-likeness (QED) is 0.674. The number of fused-ring (bicyclic) bond motifs is 1. The van der Waals surface area contributed by atoms with Gasteiger partial charge in [-0.3, -0.25) is 4.79 Å². The van der Waals surface area contributed by atoms with Crippen LogP contribution in [-0.2, 0) is 11.2 Å². The first kappa shape index (κ1) is 15.9. The van der Waals surface area contributed by atoms with Crippen LogP contribution in [0.1, 0.15) is 22.8 Å². The number of aryl methyl sites for hydroxylation is 1. The first-order valence-corrected chi connectivity index (χ1v) is 7.63. The number of rotatable bonds is 5. The lowest BCUT2D eigenvalue weighted by atomic mass is 10.2. The van der Waals surface area contributed by atoms with Gasteiger partial charge in [0.1, 0.15) is 12.3 Å². The maximum absolute atomic E-state index is 12.1. The second-order valence-corrected chi connectivity index (χ2v) is 5.23. The van der Waals surface area contributed by atoms with Gasteiger partial charge in [0, 0.05) is 5.56 Å². The van der Waals surface area contributed by atoms with Gasteiger partial charge < -0.3 is 19.5 Å². The summed E-state index contributed by atoms with van der Waals surface area (Å²) >= 11 is 0. The summed E-state index contributed by atoms with van der Waals surface area (Å²) in [7, 11) is 0. The zero-order valence-corrected chi connectivity index (χ0v) is 13.2. The third-order valence-corrected chi connectivity index (χ3v) is 3.57. The first-order chi connectivity index (χ1) is 11.7. The van der Waals surface area contributed by atoms with E-state index in [1.165, 1.54) is 0 Å². The highest BCUT2D eigenvalue weighted by atomic mass is 16.7. The molecule has 1 aliphatic rings. The molecule has 124 valence electrons. The Bertz CT molecular complexity index is 772. The summed E-state index contributed by atoms with van der Waals surface area (Å²) < 4.78 is 15.6. The molecule has 0 aromatic heterocycles. The number of ether oxygens (including phenoxy) is 3. The zero-order valence-electron chi connectivity index (χ0n) is 13.2. The molecule has 2 aromatic rings. The van der Waals surface area contributed by atoms with E-state index >= 15 is 0 Å². The molecular formula is C18H17NO5. The molecule has 0 aliphatic carbocycles. The fourth-order valence-electron chi connectivity index (χ4n) is 2.29. The molecule has 1 amide bonds. The van der Waals surface area contributed by atoms with E-state index < -0.39 is 5.97 Å². The van der Waals surface area contributed by atoms with E-state index in [0.717, 1.165) is 12.0 Å². The Hall–Kier alpha value is -3.02. The van der Waals surface area contributed by atoms with Crippen LogP contribution in [0.15, 0.2) is 42.5 Å². The molecular weight excluding hydrogens is 310 g/mol. The smallest absolute Gasteiger partial charge is 0.330 e. The van der Waals surface area contributed by atoms with Crippen LogP contribution in [0.3, 0.4) is 0 Å². The van der Waals surface area contributed by atoms with E-state index in [4.69, 9.17) is 14.2 Å². The Balaban J connectivity index is 1.54. The van der Waals surface area contributed by atoms with Crippen LogP contribution < -0.4 is 19.5 Å². The number of carbonyl (C=O) groups excluding carboxylic acids is 2. The number of benzene rings is 2. The van der Waals surface area contributed by atoms with Crippen LogP contribution in [0.5, 0.6) is 17.2 Å². The minimum absolute atomic E-state index is 0.142. The Morgan fingerprint density at radius 3 is 2.79 bits per heavy atom. The van der Waals surface area contributed by atoms with Gasteiger partial charge in [0.2, 0.25) is 6.79 Å². The maximum atomic E-state index is 12.1. The molecule has 0 atom stereocenters. The van der Waals surface area contributed by atoms with Crippen molar-refractivity contribution in [3.63, 3.8) is 0 Å². The van der Waals surface area contributed by atoms with Crippen molar-refractivity contribution >= 4 is 11.9 Å². The molecule has 1 N–H and O–H groups in total. The maximum Gasteiger partial charge on any atom is 0.330 e. The molecule has 0 saturated carbocycles. The predicted molar refractivity (Wildman–Crippen MR) is 86.4 cm³/mol. The number of hydrogen-bond donors (Lipinski definition) is 1. The van der Waals surface area contributed by atoms with Crippen LogP contribution in [0.25, 0.3) is 0 Å². The average Bonchev–Trinajstić information content (AvgIpc) is 3.07. The first-order valence-electron chi connectivity index (χ1n) is 7.63. The molecule has 24 heavy (non-hydrogen) atoms. The molecule has 6 heteroatoms. The summed E-state index contributed by atoms with van der Waals surface area (Å²) in [4.78, 5) is 23.9. The monoisotopic (exact) mass is 327 g/mol. The molecule has 0 saturated heterocycles. The van der Waals surface area contributed by atoms with Crippen LogP contribution in [0, 0.1) is 0 Å². The van der Waals surface area contributed by atoms with E-state index in [9.17, 15) is 9.59 Å². The molecule has 1 aliphatic heterocycles. The van der Waals surface area contributed by atoms with Gasteiger partial charge in [-0.1, -0.05) is 19.1 Å². The highest BCUT2D eigenvalue weighted by Crippen LogP contribution is 2.32. The van der Waals surface area contributed by atoms with Crippen molar-refractivity contribution in [1.82, 2.24) is 5.32 Å². The molecule has 0 fully saturated rings. The van der Waals surface area contributed by atoms with E-state index in [-0.39, 0.29) is 19.2 Å². The van der Waals surface area contributed by atoms with Gasteiger partial charge in [-0.2, -0.15) is 0 Å². The number of hydrogen-bond acceptors (Lipinski definition) is 5. The van der Waals surface area contributed by atoms with E-state index in [0.29, 0.717) is 22.8 Å². The number of nitrogens with one attached hydrogen (secondary N) is 1. The summed E-state index contributed by atoms with van der Waals surface area (Å²) in [6, 6.07) is 12.1. The fourth-order valence-corrected chi connectivity index (χ4v) is 2.29. The average molecular weight is 327 g/mol. The van der Waals surface area contributed by atoms with Gasteiger partial charge in [0.05, 0.1) is 0 Å². The summed E-state index contributed by atoms with van der Waals surface area (Å²) in [6.45, 7) is 1.94. The van der Waals surface area contributed by atoms with Crippen LogP contribution in [0.4, 0.5) is 0 Å². The Labute approximate surface area is 139 Å². The zero-order chi connectivity index (χ0) is 16.9. The molecule has 0 radical (unpaired) electrons. The normalized spacial score (nSPS) is 11.9. The van der Waals surface area contributed by atoms with E-state index in [1.807, 2.05) is 19.1 Å². The van der Waals surface area contributed by atoms with Crippen LogP contribution in [0.2, 0.25) is 0 Å². The predicted octanol–water partition coefficient (Wildman–Crippen LogP) is 2.31. The summed E-state index contributed by atoms with van der Waals surface area (Å²) in [5.74, 6) is 0.671. The largest absolute Gasteiger partial charge is 0.454 e. The molecule has 6 nitrogen and oxygen atoms in total. The summed E-state index contributed by atoms with van der Waals surface area (Å²) in [5.41, 5.74) is 1.46. The lowest BCUT2D eigenvalue weighted by Crippen LogP contribution is -2.31. The van der Waals surface area contributed by atoms with Crippen LogP contribution in [-0.4, -0.2) is 25.2 Å². The van der Waals surface area contributed by atoms with Crippen molar-refractivity contribution in [3.05, 3.63) is 53.6 Å². The van der Waals surface area contributed by atoms with Gasteiger partial charge >= 0.3 is 5.97 Å². The number of amides is 1. The minimum Gasteiger partial charge on any atom is -0.454 e. The molecule has 3 rings (SSSR count). The second kappa shape index (κ2) is 7.04. The van der Waals surface area contributed by atoms with Crippen molar-refractivity contribution in [3.8, 4) is 17.2 Å². The fraction of sp³-hybridized carbons (Fsp3) is 0.222. The lowest BCUT2D eigenvalue weighted by molar-refractivity contribution is -0.133. The van der Waals surface area contributed by atoms with Crippen molar-refractivity contribution < 1.29 is 23.8 Å². The van der Waals surface area contributed by atoms with Crippen LogP contribution >= 0.6 is 0 Å². The number of carbonyl (C=O) groups is 2. The third-order valence-electron chi connectivity index (χ3n) is 3.57. The second-order valence-electron chi connectivity index (χ2n) is 5.23.